The molecule has 0 spiro atoms. The Hall–Kier alpha value is -3.47. The van der Waals surface area contributed by atoms with Crippen molar-refractivity contribution in [1.82, 2.24) is 0 Å². The van der Waals surface area contributed by atoms with Crippen LogP contribution in [0.25, 0.3) is 22.3 Å². The molecule has 0 unspecified atom stereocenters. The van der Waals surface area contributed by atoms with Crippen molar-refractivity contribution in [1.29, 1.82) is 0 Å². The van der Waals surface area contributed by atoms with Crippen LogP contribution in [0.4, 0.5) is 0 Å². The number of rotatable bonds is 7. The van der Waals surface area contributed by atoms with Gasteiger partial charge in [-0.2, -0.15) is 0 Å². The Morgan fingerprint density at radius 3 is 2.00 bits per heavy atom. The van der Waals surface area contributed by atoms with E-state index in [0.29, 0.717) is 5.56 Å². The largest absolute Gasteiger partial charge is 0.508 e. The molecule has 0 saturated carbocycles. The number of hydrogen-bond donors (Lipinski definition) is 11. The highest BCUT2D eigenvalue weighted by Crippen LogP contribution is 2.47. The van der Waals surface area contributed by atoms with Gasteiger partial charge in [-0.3, -0.25) is 4.79 Å². The standard InChI is InChI=1S/C31H36O18/c32-7-18-23(39)25(41)29(49-31-27(43)22(38)14(36)9-45-31)28(47-18)20-17(48-30-26(42)21(37)13(35)8-44-30)6-16-19(24(20)40)12(34)5-15(46-16)10-1-3-11(33)4-2-10/h1-6,13-14,18,21-23,25-33,35-43H,7-9H2/t13-,14-,18-,21-,22+,23+,25-,26-,27+,28-,29+,30-,31+/m0/s1. The van der Waals surface area contributed by atoms with Crippen molar-refractivity contribution in [2.75, 3.05) is 19.8 Å². The van der Waals surface area contributed by atoms with Gasteiger partial charge in [0.1, 0.15) is 101 Å². The van der Waals surface area contributed by atoms with E-state index in [-0.39, 0.29) is 17.1 Å². The van der Waals surface area contributed by atoms with Gasteiger partial charge in [-0.25, -0.2) is 0 Å². The zero-order valence-electron chi connectivity index (χ0n) is 25.4. The van der Waals surface area contributed by atoms with E-state index in [1.54, 1.807) is 0 Å². The number of aromatic hydroxyl groups is 2. The minimum Gasteiger partial charge on any atom is -0.508 e. The van der Waals surface area contributed by atoms with Crippen LogP contribution in [0.2, 0.25) is 0 Å². The molecule has 18 heteroatoms. The van der Waals surface area contributed by atoms with Crippen molar-refractivity contribution in [2.45, 2.75) is 79.7 Å². The number of aliphatic hydroxyl groups excluding tert-OH is 9. The summed E-state index contributed by atoms with van der Waals surface area (Å²) in [5.41, 5.74) is -1.20. The molecule has 49 heavy (non-hydrogen) atoms. The van der Waals surface area contributed by atoms with E-state index in [2.05, 4.69) is 0 Å². The maximum atomic E-state index is 13.5. The molecule has 0 amide bonds. The van der Waals surface area contributed by atoms with Gasteiger partial charge in [-0.15, -0.1) is 0 Å². The summed E-state index contributed by atoms with van der Waals surface area (Å²) in [5.74, 6) is -1.38. The fourth-order valence-electron chi connectivity index (χ4n) is 5.97. The van der Waals surface area contributed by atoms with Gasteiger partial charge in [-0.1, -0.05) is 0 Å². The maximum absolute atomic E-state index is 13.5. The van der Waals surface area contributed by atoms with E-state index < -0.39 is 127 Å². The average molecular weight is 697 g/mol. The molecule has 13 atom stereocenters. The molecule has 0 aliphatic carbocycles. The van der Waals surface area contributed by atoms with E-state index in [0.717, 1.165) is 12.1 Å². The van der Waals surface area contributed by atoms with Gasteiger partial charge in [0, 0.05) is 17.7 Å². The number of ether oxygens (including phenoxy) is 5. The van der Waals surface area contributed by atoms with Crippen molar-refractivity contribution in [3.63, 3.8) is 0 Å². The number of aliphatic hydroxyl groups is 9. The summed E-state index contributed by atoms with van der Waals surface area (Å²) in [4.78, 5) is 13.5. The van der Waals surface area contributed by atoms with E-state index >= 15 is 0 Å². The molecule has 3 saturated heterocycles. The van der Waals surface area contributed by atoms with Crippen molar-refractivity contribution < 1.29 is 84.3 Å². The second kappa shape index (κ2) is 14.0. The number of hydrogen-bond acceptors (Lipinski definition) is 18. The molecule has 3 aliphatic rings. The van der Waals surface area contributed by atoms with Gasteiger partial charge in [0.2, 0.25) is 6.29 Å². The third kappa shape index (κ3) is 6.59. The van der Waals surface area contributed by atoms with Gasteiger partial charge in [-0.05, 0) is 24.3 Å². The zero-order chi connectivity index (χ0) is 35.3. The minimum absolute atomic E-state index is 0.00120. The molecule has 4 heterocycles. The van der Waals surface area contributed by atoms with E-state index in [9.17, 15) is 61.0 Å². The Bertz CT molecular complexity index is 1680. The number of phenols is 2. The van der Waals surface area contributed by atoms with Crippen LogP contribution in [0.1, 0.15) is 11.7 Å². The summed E-state index contributed by atoms with van der Waals surface area (Å²) in [6.07, 6.45) is -22.6. The van der Waals surface area contributed by atoms with Crippen LogP contribution in [-0.2, 0) is 18.9 Å². The van der Waals surface area contributed by atoms with Gasteiger partial charge in [0.05, 0.1) is 25.4 Å². The topological polar surface area (TPSA) is 299 Å². The van der Waals surface area contributed by atoms with Crippen LogP contribution < -0.4 is 10.2 Å². The molecular weight excluding hydrogens is 660 g/mol. The lowest BCUT2D eigenvalue weighted by molar-refractivity contribution is -0.325. The molecule has 6 rings (SSSR count). The molecule has 3 aliphatic heterocycles. The fourth-order valence-corrected chi connectivity index (χ4v) is 5.97. The zero-order valence-corrected chi connectivity index (χ0v) is 25.4. The van der Waals surface area contributed by atoms with Gasteiger partial charge < -0.3 is 84.3 Å². The number of phenolic OH excluding ortho intramolecular Hbond substituents is 2. The summed E-state index contributed by atoms with van der Waals surface area (Å²) in [5, 5.41) is 114. The predicted molar refractivity (Wildman–Crippen MR) is 159 cm³/mol. The highest BCUT2D eigenvalue weighted by Gasteiger charge is 2.51. The van der Waals surface area contributed by atoms with Crippen LogP contribution in [0.15, 0.2) is 45.6 Å². The second-order valence-electron chi connectivity index (χ2n) is 12.0. The summed E-state index contributed by atoms with van der Waals surface area (Å²) >= 11 is 0. The lowest BCUT2D eigenvalue weighted by Gasteiger charge is -2.45. The molecule has 0 bridgehead atoms. The highest BCUT2D eigenvalue weighted by molar-refractivity contribution is 5.88. The molecular formula is C31H36O18. The third-order valence-electron chi connectivity index (χ3n) is 8.74. The minimum atomic E-state index is -1.96. The molecule has 2 aromatic carbocycles. The molecule has 3 fully saturated rings. The smallest absolute Gasteiger partial charge is 0.228 e. The Morgan fingerprint density at radius 1 is 0.755 bits per heavy atom. The summed E-state index contributed by atoms with van der Waals surface area (Å²) in [6, 6.07) is 7.76. The van der Waals surface area contributed by atoms with Crippen LogP contribution >= 0.6 is 0 Å². The molecule has 268 valence electrons. The van der Waals surface area contributed by atoms with E-state index in [1.807, 2.05) is 0 Å². The van der Waals surface area contributed by atoms with Crippen molar-refractivity contribution >= 4 is 11.0 Å². The molecule has 11 N–H and O–H groups in total. The van der Waals surface area contributed by atoms with Crippen LogP contribution in [0, 0.1) is 0 Å². The predicted octanol–water partition coefficient (Wildman–Crippen LogP) is -3.33. The van der Waals surface area contributed by atoms with E-state index in [4.69, 9.17) is 28.1 Å². The van der Waals surface area contributed by atoms with Crippen LogP contribution in [0.3, 0.4) is 0 Å². The third-order valence-corrected chi connectivity index (χ3v) is 8.74. The van der Waals surface area contributed by atoms with Gasteiger partial charge in [0.15, 0.2) is 11.7 Å². The first kappa shape index (κ1) is 35.4. The van der Waals surface area contributed by atoms with Crippen LogP contribution in [0.5, 0.6) is 17.2 Å². The van der Waals surface area contributed by atoms with Gasteiger partial charge >= 0.3 is 0 Å². The number of benzene rings is 2. The molecule has 1 aromatic heterocycles. The highest BCUT2D eigenvalue weighted by atomic mass is 16.7. The Kier molecular flexibility index (Phi) is 10.1. The summed E-state index contributed by atoms with van der Waals surface area (Å²) in [7, 11) is 0. The van der Waals surface area contributed by atoms with Crippen molar-refractivity contribution in [3.8, 4) is 28.6 Å². The monoisotopic (exact) mass is 696 g/mol. The lowest BCUT2D eigenvalue weighted by Crippen LogP contribution is -2.60. The summed E-state index contributed by atoms with van der Waals surface area (Å²) in [6.45, 7) is -1.87. The van der Waals surface area contributed by atoms with Crippen molar-refractivity contribution in [3.05, 3.63) is 52.2 Å². The average Bonchev–Trinajstić information content (AvgIpc) is 3.07. The first-order valence-corrected chi connectivity index (χ1v) is 15.2. The quantitative estimate of drug-likeness (QED) is 0.115. The normalized spacial score (nSPS) is 36.9. The Morgan fingerprint density at radius 2 is 1.37 bits per heavy atom. The molecule has 0 radical (unpaired) electrons. The lowest BCUT2D eigenvalue weighted by atomic mass is 9.89. The fraction of sp³-hybridized carbons (Fsp3) is 0.516. The summed E-state index contributed by atoms with van der Waals surface area (Å²) < 4.78 is 34.2. The first-order valence-electron chi connectivity index (χ1n) is 15.2. The Balaban J connectivity index is 1.51. The Labute approximate surface area is 275 Å². The van der Waals surface area contributed by atoms with E-state index in [1.165, 1.54) is 24.3 Å². The maximum Gasteiger partial charge on any atom is 0.228 e. The first-order chi connectivity index (χ1) is 23.3. The molecule has 18 nitrogen and oxygen atoms in total. The van der Waals surface area contributed by atoms with Crippen LogP contribution in [-0.4, -0.2) is 150 Å². The number of fused-ring (bicyclic) bond motifs is 1. The second-order valence-corrected chi connectivity index (χ2v) is 12.0. The SMILES string of the molecule is O=c1cc(-c2ccc(O)cc2)oc2cc(O[C@@H]3OC[C@H](O)[C@H](O)[C@@H]3O)c([C@@H]3O[C@@H](CO)[C@@H](O)[C@H](O)[C@H]3O[C@H]3OC[C@H](O)[C@@H](O)[C@H]3O)c(O)c12. The molecule has 3 aromatic rings. The van der Waals surface area contributed by atoms with Gasteiger partial charge in [0.25, 0.3) is 0 Å². The van der Waals surface area contributed by atoms with Crippen molar-refractivity contribution in [2.24, 2.45) is 0 Å².